The fourth-order valence-corrected chi connectivity index (χ4v) is 1.74. The molecule has 0 aliphatic rings. The number of alkyl halides is 1. The molecule has 0 amide bonds. The molecule has 0 radical (unpaired) electrons. The highest BCUT2D eigenvalue weighted by Crippen LogP contribution is 2.20. The molecule has 0 atom stereocenters. The molecule has 18 heavy (non-hydrogen) atoms. The molecule has 0 spiro atoms. The van der Waals surface area contributed by atoms with E-state index in [1.54, 1.807) is 12.1 Å². The van der Waals surface area contributed by atoms with Crippen molar-refractivity contribution in [3.63, 3.8) is 0 Å². The first-order valence-electron chi connectivity index (χ1n) is 5.26. The van der Waals surface area contributed by atoms with Crippen LogP contribution in [0, 0.1) is 5.82 Å². The van der Waals surface area contributed by atoms with Crippen LogP contribution in [-0.2, 0) is 12.5 Å². The molecule has 2 nitrogen and oxygen atoms in total. The Hall–Kier alpha value is -1.32. The highest BCUT2D eigenvalue weighted by atomic mass is 35.5. The molecule has 1 aromatic carbocycles. The van der Waals surface area contributed by atoms with Crippen molar-refractivity contribution in [2.75, 3.05) is 0 Å². The lowest BCUT2D eigenvalue weighted by atomic mass is 10.2. The van der Waals surface area contributed by atoms with Crippen molar-refractivity contribution in [2.45, 2.75) is 12.5 Å². The van der Waals surface area contributed by atoms with Crippen LogP contribution in [-0.4, -0.2) is 4.98 Å². The molecular weight excluding hydrogens is 276 g/mol. The van der Waals surface area contributed by atoms with E-state index < -0.39 is 5.82 Å². The van der Waals surface area contributed by atoms with Crippen molar-refractivity contribution in [1.29, 1.82) is 0 Å². The number of hydrogen-bond acceptors (Lipinski definition) is 2. The van der Waals surface area contributed by atoms with Gasteiger partial charge in [0.2, 0.25) is 5.88 Å². The molecule has 0 fully saturated rings. The summed E-state index contributed by atoms with van der Waals surface area (Å²) in [5, 5.41) is 0.667. The van der Waals surface area contributed by atoms with Crippen LogP contribution in [0.2, 0.25) is 5.02 Å². The summed E-state index contributed by atoms with van der Waals surface area (Å²) in [6.07, 6.45) is 1.10. The lowest BCUT2D eigenvalue weighted by Crippen LogP contribution is -2.00. The fraction of sp³-hybridized carbons (Fsp3) is 0.154. The van der Waals surface area contributed by atoms with Gasteiger partial charge in [-0.2, -0.15) is 0 Å². The molecule has 0 unspecified atom stereocenters. The number of aromatic nitrogens is 1. The van der Waals surface area contributed by atoms with Gasteiger partial charge in [-0.05, 0) is 23.8 Å². The molecule has 1 aromatic heterocycles. The first-order chi connectivity index (χ1) is 8.69. The zero-order chi connectivity index (χ0) is 13.0. The summed E-state index contributed by atoms with van der Waals surface area (Å²) in [4.78, 5) is 3.87. The number of hydrogen-bond donors (Lipinski definition) is 0. The third-order valence-electron chi connectivity index (χ3n) is 2.32. The van der Waals surface area contributed by atoms with Crippen LogP contribution in [0.25, 0.3) is 0 Å². The summed E-state index contributed by atoms with van der Waals surface area (Å²) in [5.74, 6) is 0.0756. The average molecular weight is 286 g/mol. The minimum absolute atomic E-state index is 0.153. The lowest BCUT2D eigenvalue weighted by molar-refractivity contribution is 0.290. The van der Waals surface area contributed by atoms with Gasteiger partial charge in [-0.15, -0.1) is 11.6 Å². The predicted octanol–water partition coefficient (Wildman–Crippen LogP) is 4.19. The van der Waals surface area contributed by atoms with E-state index in [4.69, 9.17) is 27.9 Å². The maximum absolute atomic E-state index is 13.0. The Morgan fingerprint density at radius 1 is 1.22 bits per heavy atom. The van der Waals surface area contributed by atoms with Crippen molar-refractivity contribution >= 4 is 23.2 Å². The largest absolute Gasteiger partial charge is 0.473 e. The van der Waals surface area contributed by atoms with Crippen LogP contribution in [0.1, 0.15) is 11.1 Å². The molecule has 2 aromatic rings. The standard InChI is InChI=1S/C13H10Cl2FNO/c14-6-10-5-12(16)7-17-13(10)18-8-9-1-3-11(15)4-2-9/h1-5,7H,6,8H2. The molecule has 2 rings (SSSR count). The van der Waals surface area contributed by atoms with E-state index in [-0.39, 0.29) is 5.88 Å². The normalized spacial score (nSPS) is 10.4. The maximum Gasteiger partial charge on any atom is 0.218 e. The molecular formula is C13H10Cl2FNO. The fourth-order valence-electron chi connectivity index (χ4n) is 1.43. The minimum Gasteiger partial charge on any atom is -0.473 e. The SMILES string of the molecule is Fc1cnc(OCc2ccc(Cl)cc2)c(CCl)c1. The van der Waals surface area contributed by atoms with E-state index in [0.29, 0.717) is 23.1 Å². The van der Waals surface area contributed by atoms with Gasteiger partial charge in [0, 0.05) is 10.6 Å². The zero-order valence-corrected chi connectivity index (χ0v) is 10.9. The Morgan fingerprint density at radius 2 is 1.94 bits per heavy atom. The van der Waals surface area contributed by atoms with Gasteiger partial charge in [0.25, 0.3) is 0 Å². The second-order valence-electron chi connectivity index (χ2n) is 3.67. The highest BCUT2D eigenvalue weighted by Gasteiger charge is 2.06. The van der Waals surface area contributed by atoms with E-state index in [1.807, 2.05) is 12.1 Å². The molecule has 94 valence electrons. The van der Waals surface area contributed by atoms with Gasteiger partial charge < -0.3 is 4.74 Å². The second kappa shape index (κ2) is 6.03. The Bertz CT molecular complexity index is 531. The van der Waals surface area contributed by atoms with Gasteiger partial charge in [-0.3, -0.25) is 0 Å². The Labute approximate surface area is 114 Å². The first-order valence-corrected chi connectivity index (χ1v) is 6.18. The summed E-state index contributed by atoms with van der Waals surface area (Å²) < 4.78 is 18.5. The smallest absolute Gasteiger partial charge is 0.218 e. The molecule has 0 aliphatic carbocycles. The van der Waals surface area contributed by atoms with Crippen LogP contribution in [0.4, 0.5) is 4.39 Å². The van der Waals surface area contributed by atoms with Crippen molar-refractivity contribution < 1.29 is 9.13 Å². The third kappa shape index (κ3) is 3.34. The molecule has 0 N–H and O–H groups in total. The molecule has 5 heteroatoms. The average Bonchev–Trinajstić information content (AvgIpc) is 2.39. The zero-order valence-electron chi connectivity index (χ0n) is 9.37. The van der Waals surface area contributed by atoms with Gasteiger partial charge in [0.05, 0.1) is 12.1 Å². The van der Waals surface area contributed by atoms with Crippen molar-refractivity contribution in [2.24, 2.45) is 0 Å². The summed E-state index contributed by atoms with van der Waals surface area (Å²) >= 11 is 11.5. The van der Waals surface area contributed by atoms with Crippen molar-refractivity contribution in [3.05, 3.63) is 58.5 Å². The summed E-state index contributed by atoms with van der Waals surface area (Å²) in [5.41, 5.74) is 1.48. The minimum atomic E-state index is -0.426. The quantitative estimate of drug-likeness (QED) is 0.786. The van der Waals surface area contributed by atoms with Crippen LogP contribution in [0.5, 0.6) is 5.88 Å². The first kappa shape index (κ1) is 13.1. The Kier molecular flexibility index (Phi) is 4.39. The van der Waals surface area contributed by atoms with E-state index in [0.717, 1.165) is 11.8 Å². The predicted molar refractivity (Wildman–Crippen MR) is 69.5 cm³/mol. The van der Waals surface area contributed by atoms with Gasteiger partial charge >= 0.3 is 0 Å². The molecule has 0 saturated carbocycles. The van der Waals surface area contributed by atoms with E-state index in [2.05, 4.69) is 4.98 Å². The Balaban J connectivity index is 2.08. The van der Waals surface area contributed by atoms with Crippen LogP contribution >= 0.6 is 23.2 Å². The highest BCUT2D eigenvalue weighted by molar-refractivity contribution is 6.30. The number of nitrogens with zero attached hydrogens (tertiary/aromatic N) is 1. The molecule has 0 saturated heterocycles. The van der Waals surface area contributed by atoms with E-state index in [9.17, 15) is 4.39 Å². The number of ether oxygens (including phenoxy) is 1. The van der Waals surface area contributed by atoms with Gasteiger partial charge in [-0.1, -0.05) is 23.7 Å². The third-order valence-corrected chi connectivity index (χ3v) is 2.86. The molecule has 0 bridgehead atoms. The van der Waals surface area contributed by atoms with Gasteiger partial charge in [0.15, 0.2) is 0 Å². The molecule has 0 aliphatic heterocycles. The van der Waals surface area contributed by atoms with E-state index in [1.165, 1.54) is 6.07 Å². The number of benzene rings is 1. The van der Waals surface area contributed by atoms with Gasteiger partial charge in [0.1, 0.15) is 12.4 Å². The lowest BCUT2D eigenvalue weighted by Gasteiger charge is -2.08. The maximum atomic E-state index is 13.0. The monoisotopic (exact) mass is 285 g/mol. The Morgan fingerprint density at radius 3 is 2.61 bits per heavy atom. The van der Waals surface area contributed by atoms with Crippen LogP contribution in [0.15, 0.2) is 36.5 Å². The number of halogens is 3. The summed E-state index contributed by atoms with van der Waals surface area (Å²) in [7, 11) is 0. The summed E-state index contributed by atoms with van der Waals surface area (Å²) in [6.45, 7) is 0.333. The van der Waals surface area contributed by atoms with Crippen LogP contribution in [0.3, 0.4) is 0 Å². The number of rotatable bonds is 4. The summed E-state index contributed by atoms with van der Waals surface area (Å²) in [6, 6.07) is 8.58. The second-order valence-corrected chi connectivity index (χ2v) is 4.37. The van der Waals surface area contributed by atoms with Crippen molar-refractivity contribution in [1.82, 2.24) is 4.98 Å². The van der Waals surface area contributed by atoms with Gasteiger partial charge in [-0.25, -0.2) is 9.37 Å². The topological polar surface area (TPSA) is 22.1 Å². The number of pyridine rings is 1. The van der Waals surface area contributed by atoms with Crippen molar-refractivity contribution in [3.8, 4) is 5.88 Å². The van der Waals surface area contributed by atoms with Crippen LogP contribution < -0.4 is 4.74 Å². The van der Waals surface area contributed by atoms with E-state index >= 15 is 0 Å². The molecule has 1 heterocycles.